The SMILES string of the molecule is NC(=O)NCC(=O)N1CCC(c2nccn2Cc2ccccn2)CC1. The van der Waals surface area contributed by atoms with Crippen molar-refractivity contribution < 1.29 is 9.59 Å². The number of nitrogens with zero attached hydrogens (tertiary/aromatic N) is 4. The van der Waals surface area contributed by atoms with Crippen molar-refractivity contribution in [2.24, 2.45) is 5.73 Å². The number of urea groups is 1. The van der Waals surface area contributed by atoms with Crippen LogP contribution in [0.25, 0.3) is 0 Å². The number of hydrogen-bond acceptors (Lipinski definition) is 4. The van der Waals surface area contributed by atoms with Crippen LogP contribution in [0.4, 0.5) is 4.79 Å². The Balaban J connectivity index is 1.58. The monoisotopic (exact) mass is 342 g/mol. The lowest BCUT2D eigenvalue weighted by Gasteiger charge is -2.32. The number of hydrogen-bond donors (Lipinski definition) is 2. The normalized spacial score (nSPS) is 15.1. The second-order valence-corrected chi connectivity index (χ2v) is 6.11. The van der Waals surface area contributed by atoms with Crippen molar-refractivity contribution in [3.8, 4) is 0 Å². The second kappa shape index (κ2) is 7.78. The Kier molecular flexibility index (Phi) is 5.27. The maximum absolute atomic E-state index is 12.0. The Hall–Kier alpha value is -2.90. The van der Waals surface area contributed by atoms with Gasteiger partial charge in [-0.05, 0) is 25.0 Å². The number of likely N-dealkylation sites (tertiary alicyclic amines) is 1. The molecule has 8 heteroatoms. The van der Waals surface area contributed by atoms with E-state index >= 15 is 0 Å². The van der Waals surface area contributed by atoms with Crippen LogP contribution in [0.3, 0.4) is 0 Å². The predicted octanol–water partition coefficient (Wildman–Crippen LogP) is 0.701. The van der Waals surface area contributed by atoms with Gasteiger partial charge in [0.05, 0.1) is 18.8 Å². The lowest BCUT2D eigenvalue weighted by molar-refractivity contribution is -0.131. The van der Waals surface area contributed by atoms with Crippen molar-refractivity contribution in [3.63, 3.8) is 0 Å². The molecule has 1 aliphatic rings. The fourth-order valence-corrected chi connectivity index (χ4v) is 3.14. The van der Waals surface area contributed by atoms with Crippen LogP contribution in [0.15, 0.2) is 36.8 Å². The van der Waals surface area contributed by atoms with E-state index in [2.05, 4.69) is 19.9 Å². The lowest BCUT2D eigenvalue weighted by atomic mass is 9.95. The number of carbonyl (C=O) groups is 2. The van der Waals surface area contributed by atoms with Gasteiger partial charge in [0.1, 0.15) is 5.82 Å². The number of primary amides is 1. The molecule has 132 valence electrons. The number of nitrogens with one attached hydrogen (secondary N) is 1. The van der Waals surface area contributed by atoms with Crippen LogP contribution in [-0.4, -0.2) is 51.0 Å². The molecule has 1 aliphatic heterocycles. The summed E-state index contributed by atoms with van der Waals surface area (Å²) in [6.45, 7) is 1.95. The maximum Gasteiger partial charge on any atom is 0.312 e. The molecule has 0 bridgehead atoms. The summed E-state index contributed by atoms with van der Waals surface area (Å²) in [5.41, 5.74) is 5.99. The summed E-state index contributed by atoms with van der Waals surface area (Å²) in [4.78, 5) is 33.4. The highest BCUT2D eigenvalue weighted by atomic mass is 16.2. The van der Waals surface area contributed by atoms with E-state index in [1.807, 2.05) is 30.6 Å². The van der Waals surface area contributed by atoms with Gasteiger partial charge in [0, 0.05) is 37.6 Å². The maximum atomic E-state index is 12.0. The molecule has 0 atom stereocenters. The van der Waals surface area contributed by atoms with Crippen molar-refractivity contribution in [2.75, 3.05) is 19.6 Å². The summed E-state index contributed by atoms with van der Waals surface area (Å²) < 4.78 is 2.12. The molecule has 3 heterocycles. The number of pyridine rings is 1. The third kappa shape index (κ3) is 4.34. The minimum atomic E-state index is -0.681. The molecule has 1 saturated heterocycles. The Morgan fingerprint density at radius 1 is 1.20 bits per heavy atom. The number of aromatic nitrogens is 3. The number of nitrogens with two attached hydrogens (primary N) is 1. The molecule has 0 aromatic carbocycles. The van der Waals surface area contributed by atoms with E-state index in [1.54, 1.807) is 11.1 Å². The molecule has 3 amide bonds. The Bertz CT molecular complexity index is 722. The van der Waals surface area contributed by atoms with Crippen molar-refractivity contribution in [1.29, 1.82) is 0 Å². The zero-order chi connectivity index (χ0) is 17.6. The molecule has 8 nitrogen and oxygen atoms in total. The third-order valence-corrected chi connectivity index (χ3v) is 4.43. The van der Waals surface area contributed by atoms with E-state index in [9.17, 15) is 9.59 Å². The molecule has 2 aromatic heterocycles. The molecule has 3 rings (SSSR count). The van der Waals surface area contributed by atoms with E-state index in [4.69, 9.17) is 5.73 Å². The predicted molar refractivity (Wildman–Crippen MR) is 91.7 cm³/mol. The van der Waals surface area contributed by atoms with Gasteiger partial charge in [-0.15, -0.1) is 0 Å². The summed E-state index contributed by atoms with van der Waals surface area (Å²) in [6.07, 6.45) is 7.27. The van der Waals surface area contributed by atoms with Gasteiger partial charge in [0.15, 0.2) is 0 Å². The molecule has 3 N–H and O–H groups in total. The fraction of sp³-hybridized carbons (Fsp3) is 0.412. The van der Waals surface area contributed by atoms with Crippen molar-refractivity contribution >= 4 is 11.9 Å². The highest BCUT2D eigenvalue weighted by Crippen LogP contribution is 2.27. The molecule has 0 saturated carbocycles. The summed E-state index contributed by atoms with van der Waals surface area (Å²) in [5, 5.41) is 2.34. The molecule has 0 aliphatic carbocycles. The molecular weight excluding hydrogens is 320 g/mol. The van der Waals surface area contributed by atoms with Gasteiger partial charge >= 0.3 is 6.03 Å². The molecule has 2 aromatic rings. The van der Waals surface area contributed by atoms with Crippen LogP contribution in [-0.2, 0) is 11.3 Å². The molecule has 0 radical (unpaired) electrons. The Morgan fingerprint density at radius 3 is 2.68 bits per heavy atom. The first-order chi connectivity index (χ1) is 12.1. The average Bonchev–Trinajstić information content (AvgIpc) is 3.08. The van der Waals surface area contributed by atoms with E-state index in [1.165, 1.54) is 0 Å². The first kappa shape index (κ1) is 16.9. The van der Waals surface area contributed by atoms with Gasteiger partial charge in [-0.1, -0.05) is 6.07 Å². The first-order valence-electron chi connectivity index (χ1n) is 8.35. The smallest absolute Gasteiger partial charge is 0.312 e. The average molecular weight is 342 g/mol. The summed E-state index contributed by atoms with van der Waals surface area (Å²) in [5.74, 6) is 1.24. The van der Waals surface area contributed by atoms with Gasteiger partial charge in [-0.3, -0.25) is 9.78 Å². The zero-order valence-corrected chi connectivity index (χ0v) is 14.0. The first-order valence-corrected chi connectivity index (χ1v) is 8.35. The molecule has 1 fully saturated rings. The van der Waals surface area contributed by atoms with Crippen LogP contribution in [0.1, 0.15) is 30.3 Å². The second-order valence-electron chi connectivity index (χ2n) is 6.11. The van der Waals surface area contributed by atoms with Crippen molar-refractivity contribution in [1.82, 2.24) is 24.8 Å². The van der Waals surface area contributed by atoms with Crippen LogP contribution in [0.2, 0.25) is 0 Å². The standard InChI is InChI=1S/C17H22N6O2/c18-17(25)21-11-15(24)22-8-4-13(5-9-22)16-20-7-10-23(16)12-14-3-1-2-6-19-14/h1-3,6-7,10,13H,4-5,8-9,11-12H2,(H3,18,21,25). The van der Waals surface area contributed by atoms with Crippen molar-refractivity contribution in [3.05, 3.63) is 48.3 Å². The minimum Gasteiger partial charge on any atom is -0.352 e. The van der Waals surface area contributed by atoms with Crippen LogP contribution in [0, 0.1) is 0 Å². The van der Waals surface area contributed by atoms with E-state index in [0.717, 1.165) is 24.4 Å². The molecular formula is C17H22N6O2. The van der Waals surface area contributed by atoms with E-state index in [-0.39, 0.29) is 12.5 Å². The number of piperidine rings is 1. The lowest BCUT2D eigenvalue weighted by Crippen LogP contribution is -2.45. The van der Waals surface area contributed by atoms with Gasteiger partial charge in [0.2, 0.25) is 5.91 Å². The van der Waals surface area contributed by atoms with Crippen LogP contribution < -0.4 is 11.1 Å². The summed E-state index contributed by atoms with van der Waals surface area (Å²) >= 11 is 0. The van der Waals surface area contributed by atoms with Gasteiger partial charge in [-0.25, -0.2) is 9.78 Å². The van der Waals surface area contributed by atoms with Crippen LogP contribution >= 0.6 is 0 Å². The van der Waals surface area contributed by atoms with Crippen molar-refractivity contribution in [2.45, 2.75) is 25.3 Å². The Morgan fingerprint density at radius 2 is 2.00 bits per heavy atom. The topological polar surface area (TPSA) is 106 Å². The number of carbonyl (C=O) groups excluding carboxylic acids is 2. The van der Waals surface area contributed by atoms with Gasteiger partial charge < -0.3 is 20.5 Å². The Labute approximate surface area is 146 Å². The summed E-state index contributed by atoms with van der Waals surface area (Å²) in [7, 11) is 0. The quantitative estimate of drug-likeness (QED) is 0.834. The number of amides is 3. The highest BCUT2D eigenvalue weighted by Gasteiger charge is 2.26. The van der Waals surface area contributed by atoms with E-state index < -0.39 is 6.03 Å². The number of imidazole rings is 1. The van der Waals surface area contributed by atoms with Crippen LogP contribution in [0.5, 0.6) is 0 Å². The minimum absolute atomic E-state index is 0.0473. The van der Waals surface area contributed by atoms with Gasteiger partial charge in [-0.2, -0.15) is 0 Å². The van der Waals surface area contributed by atoms with Gasteiger partial charge in [0.25, 0.3) is 0 Å². The van der Waals surface area contributed by atoms with E-state index in [0.29, 0.717) is 25.6 Å². The molecule has 25 heavy (non-hydrogen) atoms. The molecule has 0 unspecified atom stereocenters. The third-order valence-electron chi connectivity index (χ3n) is 4.43. The highest BCUT2D eigenvalue weighted by molar-refractivity contribution is 5.83. The summed E-state index contributed by atoms with van der Waals surface area (Å²) in [6, 6.07) is 5.19. The molecule has 0 spiro atoms. The zero-order valence-electron chi connectivity index (χ0n) is 14.0. The fourth-order valence-electron chi connectivity index (χ4n) is 3.14. The largest absolute Gasteiger partial charge is 0.352 e. The number of rotatable bonds is 5.